The highest BCUT2D eigenvalue weighted by Crippen LogP contribution is 2.20. The van der Waals surface area contributed by atoms with Gasteiger partial charge in [-0.2, -0.15) is 5.26 Å². The van der Waals surface area contributed by atoms with Crippen LogP contribution in [0.2, 0.25) is 0 Å². The predicted octanol–water partition coefficient (Wildman–Crippen LogP) is 2.11. The van der Waals surface area contributed by atoms with Crippen LogP contribution in [0.3, 0.4) is 0 Å². The van der Waals surface area contributed by atoms with E-state index in [1.165, 1.54) is 6.26 Å². The largest absolute Gasteiger partial charge is 0.469 e. The van der Waals surface area contributed by atoms with Gasteiger partial charge in [-0.05, 0) is 32.3 Å². The normalized spacial score (nSPS) is 20.5. The molecule has 2 rings (SSSR count). The molecule has 1 aliphatic rings. The number of carbonyl (C=O) groups excluding carboxylic acids is 1. The molecular weight excluding hydrogens is 204 g/mol. The second-order valence-electron chi connectivity index (χ2n) is 4.03. The average molecular weight is 218 g/mol. The fourth-order valence-corrected chi connectivity index (χ4v) is 2.07. The lowest BCUT2D eigenvalue weighted by Gasteiger charge is -2.31. The second-order valence-corrected chi connectivity index (χ2v) is 4.03. The van der Waals surface area contributed by atoms with Crippen molar-refractivity contribution in [3.63, 3.8) is 0 Å². The van der Waals surface area contributed by atoms with Gasteiger partial charge in [0, 0.05) is 6.54 Å². The van der Waals surface area contributed by atoms with E-state index in [0.717, 1.165) is 19.3 Å². The number of carbonyl (C=O) groups is 1. The van der Waals surface area contributed by atoms with Crippen molar-refractivity contribution in [2.45, 2.75) is 32.2 Å². The monoisotopic (exact) mass is 218 g/mol. The van der Waals surface area contributed by atoms with Gasteiger partial charge in [-0.3, -0.25) is 4.79 Å². The van der Waals surface area contributed by atoms with Gasteiger partial charge in [-0.1, -0.05) is 0 Å². The van der Waals surface area contributed by atoms with Crippen molar-refractivity contribution in [3.05, 3.63) is 23.7 Å². The number of likely N-dealkylation sites (tertiary alicyclic amines) is 1. The first kappa shape index (κ1) is 10.7. The van der Waals surface area contributed by atoms with Crippen LogP contribution < -0.4 is 0 Å². The molecule has 0 spiro atoms. The van der Waals surface area contributed by atoms with Gasteiger partial charge >= 0.3 is 0 Å². The molecule has 1 aromatic heterocycles. The second kappa shape index (κ2) is 4.40. The zero-order valence-corrected chi connectivity index (χ0v) is 9.27. The summed E-state index contributed by atoms with van der Waals surface area (Å²) in [6.07, 6.45) is 4.28. The molecule has 0 aliphatic carbocycles. The van der Waals surface area contributed by atoms with Crippen molar-refractivity contribution in [3.8, 4) is 6.07 Å². The van der Waals surface area contributed by atoms with E-state index in [1.807, 2.05) is 0 Å². The number of aryl methyl sites for hydroxylation is 1. The van der Waals surface area contributed by atoms with Crippen LogP contribution in [0, 0.1) is 18.3 Å². The highest BCUT2D eigenvalue weighted by molar-refractivity contribution is 5.95. The van der Waals surface area contributed by atoms with Crippen molar-refractivity contribution >= 4 is 5.91 Å². The van der Waals surface area contributed by atoms with Gasteiger partial charge in [-0.25, -0.2) is 0 Å². The summed E-state index contributed by atoms with van der Waals surface area (Å²) in [5.41, 5.74) is 0.571. The van der Waals surface area contributed by atoms with E-state index in [-0.39, 0.29) is 11.9 Å². The van der Waals surface area contributed by atoms with E-state index in [0.29, 0.717) is 17.9 Å². The molecule has 1 unspecified atom stereocenters. The zero-order chi connectivity index (χ0) is 11.5. The van der Waals surface area contributed by atoms with Crippen molar-refractivity contribution in [1.29, 1.82) is 5.26 Å². The maximum Gasteiger partial charge on any atom is 0.258 e. The fraction of sp³-hybridized carbons (Fsp3) is 0.500. The first-order chi connectivity index (χ1) is 7.74. The predicted molar refractivity (Wildman–Crippen MR) is 57.7 cm³/mol. The van der Waals surface area contributed by atoms with Crippen molar-refractivity contribution < 1.29 is 9.21 Å². The molecule has 1 saturated heterocycles. The minimum Gasteiger partial charge on any atom is -0.469 e. The summed E-state index contributed by atoms with van der Waals surface area (Å²) in [5, 5.41) is 9.01. The maximum absolute atomic E-state index is 12.2. The number of rotatable bonds is 1. The molecule has 0 radical (unpaired) electrons. The lowest BCUT2D eigenvalue weighted by atomic mass is 10.0. The Morgan fingerprint density at radius 1 is 1.62 bits per heavy atom. The standard InChI is InChI=1S/C12H14N2O2/c1-9-11(5-7-16-9)12(15)14-6-3-2-4-10(14)8-13/h5,7,10H,2-4,6H2,1H3. The molecule has 4 nitrogen and oxygen atoms in total. The molecule has 0 bridgehead atoms. The average Bonchev–Trinajstić information content (AvgIpc) is 2.74. The summed E-state index contributed by atoms with van der Waals surface area (Å²) in [4.78, 5) is 13.8. The van der Waals surface area contributed by atoms with E-state index in [4.69, 9.17) is 9.68 Å². The van der Waals surface area contributed by atoms with Crippen molar-refractivity contribution in [2.24, 2.45) is 0 Å². The molecule has 16 heavy (non-hydrogen) atoms. The van der Waals surface area contributed by atoms with E-state index in [2.05, 4.69) is 6.07 Å². The summed E-state index contributed by atoms with van der Waals surface area (Å²) in [5.74, 6) is 0.532. The van der Waals surface area contributed by atoms with Crippen LogP contribution in [0.1, 0.15) is 35.4 Å². The van der Waals surface area contributed by atoms with E-state index < -0.39 is 0 Å². The molecule has 1 amide bonds. The smallest absolute Gasteiger partial charge is 0.258 e. The molecule has 1 fully saturated rings. The Labute approximate surface area is 94.5 Å². The molecule has 2 heterocycles. The van der Waals surface area contributed by atoms with Crippen LogP contribution in [0.15, 0.2) is 16.7 Å². The van der Waals surface area contributed by atoms with Crippen molar-refractivity contribution in [2.75, 3.05) is 6.54 Å². The highest BCUT2D eigenvalue weighted by Gasteiger charge is 2.28. The van der Waals surface area contributed by atoms with E-state index in [9.17, 15) is 4.79 Å². The maximum atomic E-state index is 12.2. The molecule has 0 N–H and O–H groups in total. The third-order valence-electron chi connectivity index (χ3n) is 3.00. The van der Waals surface area contributed by atoms with Gasteiger partial charge in [0.05, 0.1) is 17.9 Å². The number of nitrogens with zero attached hydrogens (tertiary/aromatic N) is 2. The molecule has 0 saturated carbocycles. The van der Waals surface area contributed by atoms with Gasteiger partial charge in [-0.15, -0.1) is 0 Å². The van der Waals surface area contributed by atoms with Gasteiger partial charge in [0.15, 0.2) is 0 Å². The quantitative estimate of drug-likeness (QED) is 0.725. The summed E-state index contributed by atoms with van der Waals surface area (Å²) in [7, 11) is 0. The molecule has 0 aromatic carbocycles. The van der Waals surface area contributed by atoms with E-state index >= 15 is 0 Å². The summed E-state index contributed by atoms with van der Waals surface area (Å²) in [6, 6.07) is 3.58. The molecule has 84 valence electrons. The number of nitriles is 1. The Balaban J connectivity index is 2.21. The minimum atomic E-state index is -0.282. The van der Waals surface area contributed by atoms with Crippen molar-refractivity contribution in [1.82, 2.24) is 4.90 Å². The number of furan rings is 1. The van der Waals surface area contributed by atoms with E-state index in [1.54, 1.807) is 17.9 Å². The molecular formula is C12H14N2O2. The minimum absolute atomic E-state index is 0.0856. The SMILES string of the molecule is Cc1occc1C(=O)N1CCCCC1C#N. The highest BCUT2D eigenvalue weighted by atomic mass is 16.3. The summed E-state index contributed by atoms with van der Waals surface area (Å²) < 4.78 is 5.11. The summed E-state index contributed by atoms with van der Waals surface area (Å²) in [6.45, 7) is 2.43. The Kier molecular flexibility index (Phi) is 2.95. The van der Waals surface area contributed by atoms with Gasteiger partial charge in [0.25, 0.3) is 5.91 Å². The van der Waals surface area contributed by atoms with Crippen LogP contribution in [0.25, 0.3) is 0 Å². The Bertz CT molecular complexity index is 430. The topological polar surface area (TPSA) is 57.2 Å². The number of hydrogen-bond acceptors (Lipinski definition) is 3. The van der Waals surface area contributed by atoms with Crippen LogP contribution in [0.5, 0.6) is 0 Å². The Morgan fingerprint density at radius 2 is 2.44 bits per heavy atom. The first-order valence-electron chi connectivity index (χ1n) is 5.48. The van der Waals surface area contributed by atoms with Crippen LogP contribution in [-0.4, -0.2) is 23.4 Å². The molecule has 1 aromatic rings. The molecule has 1 aliphatic heterocycles. The third-order valence-corrected chi connectivity index (χ3v) is 3.00. The van der Waals surface area contributed by atoms with Crippen LogP contribution in [-0.2, 0) is 0 Å². The first-order valence-corrected chi connectivity index (χ1v) is 5.48. The lowest BCUT2D eigenvalue weighted by molar-refractivity contribution is 0.0669. The van der Waals surface area contributed by atoms with Gasteiger partial charge < -0.3 is 9.32 Å². The van der Waals surface area contributed by atoms with Gasteiger partial charge in [0.1, 0.15) is 11.8 Å². The molecule has 4 heteroatoms. The Morgan fingerprint density at radius 3 is 3.06 bits per heavy atom. The summed E-state index contributed by atoms with van der Waals surface area (Å²) >= 11 is 0. The fourth-order valence-electron chi connectivity index (χ4n) is 2.07. The Hall–Kier alpha value is -1.76. The molecule has 1 atom stereocenters. The third kappa shape index (κ3) is 1.81. The van der Waals surface area contributed by atoms with Crippen LogP contribution >= 0.6 is 0 Å². The van der Waals surface area contributed by atoms with Crippen LogP contribution in [0.4, 0.5) is 0 Å². The zero-order valence-electron chi connectivity index (χ0n) is 9.27. The number of amides is 1. The number of hydrogen-bond donors (Lipinski definition) is 0. The van der Waals surface area contributed by atoms with Gasteiger partial charge in [0.2, 0.25) is 0 Å². The lowest BCUT2D eigenvalue weighted by Crippen LogP contribution is -2.43. The number of piperidine rings is 1.